The molecule has 5 nitrogen and oxygen atoms in total. The van der Waals surface area contributed by atoms with Crippen LogP contribution in [0, 0.1) is 11.6 Å². The number of methoxy groups -OCH3 is 1. The number of esters is 1. The van der Waals surface area contributed by atoms with Crippen molar-refractivity contribution < 1.29 is 32.9 Å². The first-order valence-corrected chi connectivity index (χ1v) is 8.57. The van der Waals surface area contributed by atoms with Crippen molar-refractivity contribution in [3.8, 4) is 11.5 Å². The van der Waals surface area contributed by atoms with Gasteiger partial charge in [0, 0.05) is 0 Å². The van der Waals surface area contributed by atoms with Gasteiger partial charge in [0.05, 0.1) is 25.9 Å². The summed E-state index contributed by atoms with van der Waals surface area (Å²) >= 11 is 0. The molecule has 0 spiro atoms. The Morgan fingerprint density at radius 1 is 1.07 bits per heavy atom. The van der Waals surface area contributed by atoms with Crippen LogP contribution in [0.3, 0.4) is 0 Å². The first-order valence-electron chi connectivity index (χ1n) is 8.57. The van der Waals surface area contributed by atoms with Crippen LogP contribution in [0.2, 0.25) is 0 Å². The van der Waals surface area contributed by atoms with Gasteiger partial charge < -0.3 is 19.3 Å². The number of halogens is 2. The lowest BCUT2D eigenvalue weighted by Gasteiger charge is -2.19. The predicted molar refractivity (Wildman–Crippen MR) is 94.8 cm³/mol. The van der Waals surface area contributed by atoms with Crippen LogP contribution in [0.5, 0.6) is 11.5 Å². The second kappa shape index (κ2) is 9.87. The van der Waals surface area contributed by atoms with E-state index in [0.29, 0.717) is 6.42 Å². The van der Waals surface area contributed by atoms with Crippen LogP contribution in [-0.2, 0) is 18.0 Å². The van der Waals surface area contributed by atoms with E-state index in [9.17, 15) is 18.7 Å². The molecule has 0 aromatic heterocycles. The van der Waals surface area contributed by atoms with Gasteiger partial charge in [-0.15, -0.1) is 0 Å². The van der Waals surface area contributed by atoms with E-state index in [2.05, 4.69) is 4.74 Å². The number of aliphatic hydroxyl groups excluding tert-OH is 1. The fourth-order valence-electron chi connectivity index (χ4n) is 2.45. The SMILES string of the molecule is CCCCOc1c(CO)c(F)c(C(=O)OC)c(F)c1OCc1ccccc1. The summed E-state index contributed by atoms with van der Waals surface area (Å²) in [4.78, 5) is 11.8. The van der Waals surface area contributed by atoms with Gasteiger partial charge in [0.15, 0.2) is 17.3 Å². The third-order valence-electron chi connectivity index (χ3n) is 3.90. The molecule has 0 aliphatic rings. The van der Waals surface area contributed by atoms with Crippen molar-refractivity contribution >= 4 is 5.97 Å². The summed E-state index contributed by atoms with van der Waals surface area (Å²) in [5, 5.41) is 9.59. The monoisotopic (exact) mass is 380 g/mol. The summed E-state index contributed by atoms with van der Waals surface area (Å²) in [5.41, 5.74) is -0.533. The lowest BCUT2D eigenvalue weighted by Crippen LogP contribution is -2.15. The lowest BCUT2D eigenvalue weighted by atomic mass is 10.1. The van der Waals surface area contributed by atoms with E-state index >= 15 is 0 Å². The molecule has 0 saturated heterocycles. The van der Waals surface area contributed by atoms with Crippen LogP contribution < -0.4 is 9.47 Å². The van der Waals surface area contributed by atoms with Crippen LogP contribution in [0.4, 0.5) is 8.78 Å². The number of hydrogen-bond acceptors (Lipinski definition) is 5. The first kappa shape index (κ1) is 20.6. The molecule has 27 heavy (non-hydrogen) atoms. The Kier molecular flexibility index (Phi) is 7.55. The summed E-state index contributed by atoms with van der Waals surface area (Å²) in [5.74, 6) is -4.32. The number of unbranched alkanes of at least 4 members (excludes halogenated alkanes) is 1. The first-order chi connectivity index (χ1) is 13.0. The quantitative estimate of drug-likeness (QED) is 0.526. The van der Waals surface area contributed by atoms with Crippen LogP contribution in [0.1, 0.15) is 41.3 Å². The summed E-state index contributed by atoms with van der Waals surface area (Å²) in [6, 6.07) is 8.94. The average molecular weight is 380 g/mol. The third kappa shape index (κ3) is 4.74. The molecule has 0 bridgehead atoms. The number of benzene rings is 2. The zero-order chi connectivity index (χ0) is 19.8. The van der Waals surface area contributed by atoms with Crippen molar-refractivity contribution in [2.45, 2.75) is 33.0 Å². The van der Waals surface area contributed by atoms with Crippen molar-refractivity contribution in [2.24, 2.45) is 0 Å². The Hall–Kier alpha value is -2.67. The maximum atomic E-state index is 14.9. The van der Waals surface area contributed by atoms with Gasteiger partial charge >= 0.3 is 5.97 Å². The number of carbonyl (C=O) groups is 1. The van der Waals surface area contributed by atoms with E-state index in [1.54, 1.807) is 24.3 Å². The van der Waals surface area contributed by atoms with E-state index in [1.165, 1.54) is 0 Å². The number of aliphatic hydroxyl groups is 1. The molecule has 0 fully saturated rings. The molecule has 2 aromatic carbocycles. The zero-order valence-corrected chi connectivity index (χ0v) is 15.3. The van der Waals surface area contributed by atoms with E-state index in [4.69, 9.17) is 9.47 Å². The highest BCUT2D eigenvalue weighted by molar-refractivity contribution is 5.91. The minimum atomic E-state index is -1.22. The smallest absolute Gasteiger partial charge is 0.344 e. The molecule has 0 amide bonds. The molecule has 0 aliphatic carbocycles. The third-order valence-corrected chi connectivity index (χ3v) is 3.90. The van der Waals surface area contributed by atoms with Gasteiger partial charge in [-0.25, -0.2) is 13.6 Å². The van der Waals surface area contributed by atoms with Crippen LogP contribution >= 0.6 is 0 Å². The normalized spacial score (nSPS) is 10.6. The molecule has 2 aromatic rings. The molecule has 0 atom stereocenters. The topological polar surface area (TPSA) is 65.0 Å². The van der Waals surface area contributed by atoms with Gasteiger partial charge in [0.1, 0.15) is 18.0 Å². The van der Waals surface area contributed by atoms with Gasteiger partial charge in [0.2, 0.25) is 0 Å². The molecule has 1 N–H and O–H groups in total. The average Bonchev–Trinajstić information content (AvgIpc) is 2.68. The van der Waals surface area contributed by atoms with Gasteiger partial charge in [0.25, 0.3) is 0 Å². The van der Waals surface area contributed by atoms with Crippen LogP contribution in [0.25, 0.3) is 0 Å². The largest absolute Gasteiger partial charge is 0.489 e. The van der Waals surface area contributed by atoms with Crippen molar-refractivity contribution in [3.63, 3.8) is 0 Å². The Labute approximate surface area is 156 Å². The molecular formula is C20H22F2O5. The van der Waals surface area contributed by atoms with Crippen molar-refractivity contribution in [3.05, 3.63) is 58.7 Å². The van der Waals surface area contributed by atoms with Crippen molar-refractivity contribution in [1.82, 2.24) is 0 Å². The minimum absolute atomic E-state index is 0.0288. The molecule has 0 radical (unpaired) electrons. The van der Waals surface area contributed by atoms with Gasteiger partial charge in [-0.2, -0.15) is 0 Å². The Morgan fingerprint density at radius 2 is 1.78 bits per heavy atom. The maximum Gasteiger partial charge on any atom is 0.344 e. The second-order valence-electron chi connectivity index (χ2n) is 5.77. The van der Waals surface area contributed by atoms with E-state index in [0.717, 1.165) is 19.1 Å². The summed E-state index contributed by atoms with van der Waals surface area (Å²) in [6.45, 7) is 1.30. The summed E-state index contributed by atoms with van der Waals surface area (Å²) in [7, 11) is 1.01. The molecule has 0 heterocycles. The molecule has 2 rings (SSSR count). The highest BCUT2D eigenvalue weighted by Crippen LogP contribution is 2.40. The van der Waals surface area contributed by atoms with E-state index in [-0.39, 0.29) is 24.5 Å². The van der Waals surface area contributed by atoms with Gasteiger partial charge in [-0.3, -0.25) is 0 Å². The number of carbonyl (C=O) groups excluding carboxylic acids is 1. The Bertz CT molecular complexity index is 778. The van der Waals surface area contributed by atoms with Crippen LogP contribution in [-0.4, -0.2) is 24.8 Å². The number of ether oxygens (including phenoxy) is 3. The van der Waals surface area contributed by atoms with Crippen molar-refractivity contribution in [2.75, 3.05) is 13.7 Å². The maximum absolute atomic E-state index is 14.9. The number of hydrogen-bond donors (Lipinski definition) is 1. The molecular weight excluding hydrogens is 358 g/mol. The highest BCUT2D eigenvalue weighted by Gasteiger charge is 2.31. The van der Waals surface area contributed by atoms with Crippen LogP contribution in [0.15, 0.2) is 30.3 Å². The van der Waals surface area contributed by atoms with Gasteiger partial charge in [-0.1, -0.05) is 43.7 Å². The molecule has 0 aliphatic heterocycles. The highest BCUT2D eigenvalue weighted by atomic mass is 19.1. The predicted octanol–water partition coefficient (Wildman–Crippen LogP) is 4.00. The van der Waals surface area contributed by atoms with E-state index < -0.39 is 35.5 Å². The Morgan fingerprint density at radius 3 is 2.37 bits per heavy atom. The van der Waals surface area contributed by atoms with Crippen molar-refractivity contribution in [1.29, 1.82) is 0 Å². The fraction of sp³-hybridized carbons (Fsp3) is 0.350. The summed E-state index contributed by atoms with van der Waals surface area (Å²) in [6.07, 6.45) is 1.45. The summed E-state index contributed by atoms with van der Waals surface area (Å²) < 4.78 is 45.1. The molecule has 0 saturated carbocycles. The molecule has 7 heteroatoms. The van der Waals surface area contributed by atoms with E-state index in [1.807, 2.05) is 13.0 Å². The standard InChI is InChI=1S/C20H22F2O5/c1-3-4-10-26-18-14(11-23)16(21)15(20(24)25-2)17(22)19(18)27-12-13-8-6-5-7-9-13/h5-9,23H,3-4,10-12H2,1-2H3. The zero-order valence-electron chi connectivity index (χ0n) is 15.3. The lowest BCUT2D eigenvalue weighted by molar-refractivity contribution is 0.0587. The second-order valence-corrected chi connectivity index (χ2v) is 5.77. The minimum Gasteiger partial charge on any atom is -0.489 e. The fourth-order valence-corrected chi connectivity index (χ4v) is 2.45. The number of rotatable bonds is 9. The Balaban J connectivity index is 2.51. The van der Waals surface area contributed by atoms with Gasteiger partial charge in [-0.05, 0) is 12.0 Å². The molecule has 146 valence electrons. The molecule has 0 unspecified atom stereocenters.